The minimum absolute atomic E-state index is 0.214. The van der Waals surface area contributed by atoms with Crippen molar-refractivity contribution in [2.75, 3.05) is 0 Å². The fourth-order valence-electron chi connectivity index (χ4n) is 4.55. The van der Waals surface area contributed by atoms with Crippen LogP contribution in [0.2, 0.25) is 0 Å². The molecule has 0 saturated heterocycles. The summed E-state index contributed by atoms with van der Waals surface area (Å²) in [6.45, 7) is 2.46. The summed E-state index contributed by atoms with van der Waals surface area (Å²) >= 11 is 0. The summed E-state index contributed by atoms with van der Waals surface area (Å²) in [6.07, 6.45) is 5.05. The van der Waals surface area contributed by atoms with Crippen molar-refractivity contribution in [1.29, 1.82) is 0 Å². The van der Waals surface area contributed by atoms with Gasteiger partial charge in [-0.1, -0.05) is 67.6 Å². The zero-order valence-corrected chi connectivity index (χ0v) is 19.9. The average Bonchev–Trinajstić information content (AvgIpc) is 3.38. The predicted octanol–water partition coefficient (Wildman–Crippen LogP) is 5.17. The van der Waals surface area contributed by atoms with E-state index in [9.17, 15) is 4.79 Å². The first-order valence-corrected chi connectivity index (χ1v) is 12.1. The van der Waals surface area contributed by atoms with Crippen LogP contribution in [-0.4, -0.2) is 29.4 Å². The predicted molar refractivity (Wildman–Crippen MR) is 141 cm³/mol. The summed E-state index contributed by atoms with van der Waals surface area (Å²) in [5, 5.41) is 10.5. The number of benzene rings is 2. The van der Waals surface area contributed by atoms with Gasteiger partial charge in [-0.05, 0) is 30.2 Å². The molecule has 7 nitrogen and oxygen atoms in total. The van der Waals surface area contributed by atoms with E-state index in [0.717, 1.165) is 40.1 Å². The number of hydrogen-bond donors (Lipinski definition) is 0. The average molecular weight is 473 g/mol. The van der Waals surface area contributed by atoms with Crippen LogP contribution in [0.15, 0.2) is 96.1 Å². The Morgan fingerprint density at radius 1 is 0.833 bits per heavy atom. The number of rotatable bonds is 6. The molecular formula is C29H24N6O. The minimum Gasteiger partial charge on any atom is -0.265 e. The van der Waals surface area contributed by atoms with Crippen molar-refractivity contribution in [3.8, 4) is 22.5 Å². The van der Waals surface area contributed by atoms with E-state index in [-0.39, 0.29) is 5.56 Å². The van der Waals surface area contributed by atoms with Crippen LogP contribution in [0.5, 0.6) is 0 Å². The van der Waals surface area contributed by atoms with E-state index in [0.29, 0.717) is 29.6 Å². The van der Waals surface area contributed by atoms with Gasteiger partial charge in [0.15, 0.2) is 0 Å². The molecule has 0 aliphatic rings. The summed E-state index contributed by atoms with van der Waals surface area (Å²) < 4.78 is 3.39. The van der Waals surface area contributed by atoms with Gasteiger partial charge in [0.2, 0.25) is 0 Å². The minimum atomic E-state index is -0.214. The molecule has 0 atom stereocenters. The zero-order chi connectivity index (χ0) is 24.5. The summed E-state index contributed by atoms with van der Waals surface area (Å²) in [7, 11) is 0. The van der Waals surface area contributed by atoms with E-state index in [2.05, 4.69) is 11.9 Å². The van der Waals surface area contributed by atoms with Crippen molar-refractivity contribution in [2.45, 2.75) is 26.3 Å². The lowest BCUT2D eigenvalue weighted by Gasteiger charge is -2.13. The van der Waals surface area contributed by atoms with E-state index >= 15 is 0 Å². The molecule has 4 aromatic heterocycles. The number of nitrogens with zero attached hydrogens (tertiary/aromatic N) is 6. The number of pyridine rings is 1. The molecule has 0 spiro atoms. The van der Waals surface area contributed by atoms with Crippen LogP contribution in [0.1, 0.15) is 24.7 Å². The molecule has 0 aliphatic carbocycles. The van der Waals surface area contributed by atoms with E-state index in [4.69, 9.17) is 15.2 Å². The van der Waals surface area contributed by atoms with Crippen molar-refractivity contribution in [2.24, 2.45) is 0 Å². The molecule has 6 aromatic rings. The van der Waals surface area contributed by atoms with E-state index in [1.165, 1.54) is 4.68 Å². The second kappa shape index (κ2) is 9.19. The molecule has 4 heterocycles. The first kappa shape index (κ1) is 21.9. The Morgan fingerprint density at radius 2 is 1.56 bits per heavy atom. The lowest BCUT2D eigenvalue weighted by atomic mass is 10.1. The smallest absolute Gasteiger partial charge is 0.265 e. The molecule has 7 heteroatoms. The maximum Gasteiger partial charge on any atom is 0.293 e. The molecule has 2 aromatic carbocycles. The second-order valence-corrected chi connectivity index (χ2v) is 8.73. The number of fused-ring (bicyclic) bond motifs is 3. The Morgan fingerprint density at radius 3 is 2.28 bits per heavy atom. The monoisotopic (exact) mass is 472 g/mol. The molecule has 176 valence electrons. The van der Waals surface area contributed by atoms with Gasteiger partial charge in [0.1, 0.15) is 17.0 Å². The van der Waals surface area contributed by atoms with Crippen LogP contribution in [0.3, 0.4) is 0 Å². The van der Waals surface area contributed by atoms with Crippen LogP contribution in [0, 0.1) is 0 Å². The molecule has 0 aliphatic heterocycles. The highest BCUT2D eigenvalue weighted by Crippen LogP contribution is 2.31. The van der Waals surface area contributed by atoms with Gasteiger partial charge in [-0.2, -0.15) is 10.2 Å². The van der Waals surface area contributed by atoms with Crippen LogP contribution in [0.4, 0.5) is 0 Å². The fourth-order valence-corrected chi connectivity index (χ4v) is 4.55. The largest absolute Gasteiger partial charge is 0.293 e. The Hall–Kier alpha value is -4.65. The van der Waals surface area contributed by atoms with Gasteiger partial charge in [0.25, 0.3) is 5.56 Å². The number of hydrogen-bond acceptors (Lipinski definition) is 5. The molecule has 0 bridgehead atoms. The molecule has 0 fully saturated rings. The molecule has 36 heavy (non-hydrogen) atoms. The highest BCUT2D eigenvalue weighted by Gasteiger charge is 2.21. The third-order valence-corrected chi connectivity index (χ3v) is 6.25. The number of aromatic nitrogens is 6. The van der Waals surface area contributed by atoms with E-state index in [1.807, 2.05) is 83.4 Å². The molecule has 6 rings (SSSR count). The standard InChI is InChI=1S/C29H24N6O/c1-2-9-25-31-28-26(24-18-23(32-35(24)25)21-12-7-4-8-13-21)27(22-14-16-30-17-15-22)33-34(29(28)36)19-20-10-5-3-6-11-20/h3-8,10-18H,2,9,19H2,1H3. The van der Waals surface area contributed by atoms with Gasteiger partial charge in [-0.25, -0.2) is 14.2 Å². The third kappa shape index (κ3) is 3.84. The Kier molecular flexibility index (Phi) is 5.58. The number of aryl methyl sites for hydroxylation is 1. The first-order chi connectivity index (χ1) is 17.7. The quantitative estimate of drug-likeness (QED) is 0.334. The van der Waals surface area contributed by atoms with Gasteiger partial charge in [0.05, 0.1) is 23.1 Å². The molecule has 0 N–H and O–H groups in total. The van der Waals surface area contributed by atoms with Crippen molar-refractivity contribution in [3.05, 3.63) is 113 Å². The van der Waals surface area contributed by atoms with Gasteiger partial charge in [-0.15, -0.1) is 0 Å². The van der Waals surface area contributed by atoms with E-state index in [1.54, 1.807) is 12.4 Å². The first-order valence-electron chi connectivity index (χ1n) is 12.1. The third-order valence-electron chi connectivity index (χ3n) is 6.25. The zero-order valence-electron chi connectivity index (χ0n) is 19.9. The second-order valence-electron chi connectivity index (χ2n) is 8.73. The van der Waals surface area contributed by atoms with E-state index < -0.39 is 0 Å². The molecule has 0 amide bonds. The van der Waals surface area contributed by atoms with Crippen molar-refractivity contribution >= 4 is 16.4 Å². The normalized spacial score (nSPS) is 11.4. The summed E-state index contributed by atoms with van der Waals surface area (Å²) in [4.78, 5) is 22.9. The van der Waals surface area contributed by atoms with Gasteiger partial charge in [-0.3, -0.25) is 9.78 Å². The molecular weight excluding hydrogens is 448 g/mol. The highest BCUT2D eigenvalue weighted by molar-refractivity contribution is 6.03. The Balaban J connectivity index is 1.70. The topological polar surface area (TPSA) is 78.0 Å². The van der Waals surface area contributed by atoms with Crippen molar-refractivity contribution in [1.82, 2.24) is 29.4 Å². The van der Waals surface area contributed by atoms with Gasteiger partial charge >= 0.3 is 0 Å². The highest BCUT2D eigenvalue weighted by atomic mass is 16.1. The maximum absolute atomic E-state index is 13.8. The van der Waals surface area contributed by atoms with Gasteiger partial charge in [0, 0.05) is 29.9 Å². The van der Waals surface area contributed by atoms with Crippen LogP contribution >= 0.6 is 0 Å². The van der Waals surface area contributed by atoms with Gasteiger partial charge < -0.3 is 0 Å². The molecule has 0 saturated carbocycles. The van der Waals surface area contributed by atoms with Crippen LogP contribution in [0.25, 0.3) is 38.9 Å². The summed E-state index contributed by atoms with van der Waals surface area (Å²) in [5.41, 5.74) is 5.40. The molecule has 0 radical (unpaired) electrons. The fraction of sp³-hybridized carbons (Fsp3) is 0.138. The Labute approximate surface area is 207 Å². The molecule has 0 unspecified atom stereocenters. The SMILES string of the molecule is CCCc1nc2c(=O)n(Cc3ccccc3)nc(-c3ccncc3)c2c2cc(-c3ccccc3)nn12. The maximum atomic E-state index is 13.8. The van der Waals surface area contributed by atoms with Crippen LogP contribution in [-0.2, 0) is 13.0 Å². The summed E-state index contributed by atoms with van der Waals surface area (Å²) in [6, 6.07) is 25.8. The lowest BCUT2D eigenvalue weighted by Crippen LogP contribution is -2.26. The summed E-state index contributed by atoms with van der Waals surface area (Å²) in [5.74, 6) is 0.762. The lowest BCUT2D eigenvalue weighted by molar-refractivity contribution is 0.647. The van der Waals surface area contributed by atoms with Crippen molar-refractivity contribution in [3.63, 3.8) is 0 Å². The van der Waals surface area contributed by atoms with Crippen LogP contribution < -0.4 is 5.56 Å². The van der Waals surface area contributed by atoms with Crippen molar-refractivity contribution < 1.29 is 0 Å². The Bertz CT molecular complexity index is 1720.